The average molecular weight is 540 g/mol. The lowest BCUT2D eigenvalue weighted by molar-refractivity contribution is -0.161. The van der Waals surface area contributed by atoms with E-state index >= 15 is 0 Å². The SMILES string of the molecule is CC(C)(C)C(=O)OCOC(=O)SC[C@H](NC(=O)C(C)(C)SC(=O)OCOC(=O)C(C)(C)C)C(=O)O. The molecule has 0 aliphatic heterocycles. The van der Waals surface area contributed by atoms with Crippen LogP contribution in [0.15, 0.2) is 0 Å². The molecule has 0 saturated heterocycles. The predicted molar refractivity (Wildman–Crippen MR) is 127 cm³/mol. The summed E-state index contributed by atoms with van der Waals surface area (Å²) in [5.41, 5.74) is -1.57. The summed E-state index contributed by atoms with van der Waals surface area (Å²) < 4.78 is 17.6. The summed E-state index contributed by atoms with van der Waals surface area (Å²) in [6, 6.07) is -1.49. The fourth-order valence-corrected chi connectivity index (χ4v) is 3.01. The summed E-state index contributed by atoms with van der Waals surface area (Å²) in [6.07, 6.45) is 0. The Labute approximate surface area is 212 Å². The number of carbonyl (C=O) groups excluding carboxylic acids is 5. The van der Waals surface area contributed by atoms with Crippen LogP contribution in [-0.4, -0.2) is 69.7 Å². The van der Waals surface area contributed by atoms with Crippen LogP contribution in [0.4, 0.5) is 9.59 Å². The van der Waals surface area contributed by atoms with E-state index in [2.05, 4.69) is 5.32 Å². The van der Waals surface area contributed by atoms with E-state index in [1.165, 1.54) is 13.8 Å². The minimum atomic E-state index is -1.49. The minimum Gasteiger partial charge on any atom is -0.480 e. The van der Waals surface area contributed by atoms with Crippen molar-refractivity contribution in [3.05, 3.63) is 0 Å². The topological polar surface area (TPSA) is 172 Å². The number of rotatable bonds is 10. The van der Waals surface area contributed by atoms with Gasteiger partial charge in [0.1, 0.15) is 6.04 Å². The number of carbonyl (C=O) groups is 6. The lowest BCUT2D eigenvalue weighted by Gasteiger charge is -2.24. The Kier molecular flexibility index (Phi) is 12.6. The maximum absolute atomic E-state index is 12.5. The second-order valence-electron chi connectivity index (χ2n) is 9.68. The van der Waals surface area contributed by atoms with Crippen molar-refractivity contribution in [2.75, 3.05) is 19.3 Å². The number of hydrogen-bond acceptors (Lipinski definition) is 12. The Hall–Kier alpha value is -2.48. The van der Waals surface area contributed by atoms with Gasteiger partial charge in [-0.15, -0.1) is 0 Å². The monoisotopic (exact) mass is 539 g/mol. The zero-order chi connectivity index (χ0) is 27.6. The zero-order valence-electron chi connectivity index (χ0n) is 21.0. The Morgan fingerprint density at radius 2 is 1.17 bits per heavy atom. The molecule has 0 fully saturated rings. The van der Waals surface area contributed by atoms with Crippen molar-refractivity contribution in [2.45, 2.75) is 66.2 Å². The summed E-state index contributed by atoms with van der Waals surface area (Å²) in [5, 5.41) is 9.77. The molecule has 2 N–H and O–H groups in total. The van der Waals surface area contributed by atoms with Gasteiger partial charge < -0.3 is 29.4 Å². The number of aliphatic carboxylic acids is 1. The maximum atomic E-state index is 12.5. The molecule has 0 aromatic carbocycles. The van der Waals surface area contributed by atoms with E-state index in [0.717, 1.165) is 0 Å². The van der Waals surface area contributed by atoms with Gasteiger partial charge in [-0.1, -0.05) is 0 Å². The first kappa shape index (κ1) is 32.5. The van der Waals surface area contributed by atoms with Crippen molar-refractivity contribution >= 4 is 57.9 Å². The van der Waals surface area contributed by atoms with E-state index in [9.17, 15) is 33.9 Å². The van der Waals surface area contributed by atoms with E-state index in [1.807, 2.05) is 0 Å². The van der Waals surface area contributed by atoms with Gasteiger partial charge in [-0.2, -0.15) is 0 Å². The summed E-state index contributed by atoms with van der Waals surface area (Å²) >= 11 is 0.918. The number of thioether (sulfide) groups is 2. The average Bonchev–Trinajstić information content (AvgIpc) is 2.68. The third-order valence-electron chi connectivity index (χ3n) is 3.81. The first-order chi connectivity index (χ1) is 15.8. The molecule has 0 heterocycles. The Bertz CT molecular complexity index is 813. The predicted octanol–water partition coefficient (Wildman–Crippen LogP) is 3.17. The third-order valence-corrected chi connectivity index (χ3v) is 5.65. The number of ether oxygens (including phenoxy) is 4. The molecule has 0 spiro atoms. The van der Waals surface area contributed by atoms with Gasteiger partial charge in [-0.25, -0.2) is 14.4 Å². The van der Waals surface area contributed by atoms with E-state index in [-0.39, 0.29) is 5.75 Å². The second kappa shape index (κ2) is 13.6. The standard InChI is InChI=1S/C21H33NO11S2/c1-19(2,3)15(26)30-10-32-17(28)34-9-12(13(23)24)22-14(25)21(7,8)35-18(29)33-11-31-16(27)20(4,5)6/h12H,9-11H2,1-8H3,(H,22,25)(H,23,24)/t12-/m0/s1. The first-order valence-corrected chi connectivity index (χ1v) is 12.1. The van der Waals surface area contributed by atoms with E-state index < -0.39 is 69.6 Å². The molecule has 0 aromatic rings. The highest BCUT2D eigenvalue weighted by molar-refractivity contribution is 8.15. The molecule has 0 aromatic heterocycles. The van der Waals surface area contributed by atoms with Crippen molar-refractivity contribution in [3.63, 3.8) is 0 Å². The molecule has 0 bridgehead atoms. The number of amides is 1. The van der Waals surface area contributed by atoms with Crippen LogP contribution < -0.4 is 5.32 Å². The van der Waals surface area contributed by atoms with Crippen LogP contribution in [0.25, 0.3) is 0 Å². The van der Waals surface area contributed by atoms with Crippen LogP contribution in [0, 0.1) is 10.8 Å². The summed E-state index contributed by atoms with van der Waals surface area (Å²) in [5.74, 6) is -3.79. The molecule has 14 heteroatoms. The molecular formula is C21H33NO11S2. The van der Waals surface area contributed by atoms with E-state index in [4.69, 9.17) is 18.9 Å². The molecule has 0 rings (SSSR count). The highest BCUT2D eigenvalue weighted by atomic mass is 32.2. The number of carboxylic acids is 1. The van der Waals surface area contributed by atoms with Crippen LogP contribution in [0.5, 0.6) is 0 Å². The van der Waals surface area contributed by atoms with Gasteiger partial charge in [0.15, 0.2) is 0 Å². The summed E-state index contributed by atoms with van der Waals surface area (Å²) in [7, 11) is 0. The molecular weight excluding hydrogens is 506 g/mol. The summed E-state index contributed by atoms with van der Waals surface area (Å²) in [4.78, 5) is 71.1. The molecule has 1 atom stereocenters. The van der Waals surface area contributed by atoms with Crippen LogP contribution in [-0.2, 0) is 38.1 Å². The molecule has 0 saturated carbocycles. The van der Waals surface area contributed by atoms with Crippen LogP contribution in [0.2, 0.25) is 0 Å². The lowest BCUT2D eigenvalue weighted by atomic mass is 9.97. The Morgan fingerprint density at radius 1 is 0.743 bits per heavy atom. The quantitative estimate of drug-likeness (QED) is 0.306. The lowest BCUT2D eigenvalue weighted by Crippen LogP contribution is -2.50. The molecule has 200 valence electrons. The normalized spacial score (nSPS) is 12.7. The largest absolute Gasteiger partial charge is 0.480 e. The van der Waals surface area contributed by atoms with Crippen LogP contribution >= 0.6 is 23.5 Å². The molecule has 0 unspecified atom stereocenters. The number of hydrogen-bond donors (Lipinski definition) is 2. The fraction of sp³-hybridized carbons (Fsp3) is 0.714. The Morgan fingerprint density at radius 3 is 1.57 bits per heavy atom. The van der Waals surface area contributed by atoms with Crippen LogP contribution in [0.3, 0.4) is 0 Å². The maximum Gasteiger partial charge on any atom is 0.371 e. The molecule has 0 aliphatic rings. The molecule has 0 radical (unpaired) electrons. The number of nitrogens with one attached hydrogen (secondary N) is 1. The smallest absolute Gasteiger partial charge is 0.371 e. The minimum absolute atomic E-state index is 0.388. The van der Waals surface area contributed by atoms with Crippen molar-refractivity contribution < 1.29 is 52.8 Å². The van der Waals surface area contributed by atoms with E-state index in [1.54, 1.807) is 41.5 Å². The van der Waals surface area contributed by atoms with Crippen molar-refractivity contribution in [1.82, 2.24) is 5.32 Å². The van der Waals surface area contributed by atoms with Gasteiger partial charge in [0.2, 0.25) is 19.5 Å². The molecule has 1 amide bonds. The number of esters is 2. The van der Waals surface area contributed by atoms with Crippen molar-refractivity contribution in [3.8, 4) is 0 Å². The van der Waals surface area contributed by atoms with E-state index in [0.29, 0.717) is 23.5 Å². The van der Waals surface area contributed by atoms with Gasteiger partial charge in [0.25, 0.3) is 0 Å². The van der Waals surface area contributed by atoms with Crippen LogP contribution in [0.1, 0.15) is 55.4 Å². The number of carboxylic acid groups (broad SMARTS) is 1. The van der Waals surface area contributed by atoms with Crippen molar-refractivity contribution in [1.29, 1.82) is 0 Å². The molecule has 35 heavy (non-hydrogen) atoms. The third kappa shape index (κ3) is 13.3. The van der Waals surface area contributed by atoms with Gasteiger partial charge in [0.05, 0.1) is 15.6 Å². The molecule has 0 aliphatic carbocycles. The highest BCUT2D eigenvalue weighted by Gasteiger charge is 2.35. The van der Waals surface area contributed by atoms with Gasteiger partial charge in [-0.3, -0.25) is 14.4 Å². The highest BCUT2D eigenvalue weighted by Crippen LogP contribution is 2.27. The fourth-order valence-electron chi connectivity index (χ4n) is 1.68. The van der Waals surface area contributed by atoms with Gasteiger partial charge in [0, 0.05) is 5.75 Å². The molecule has 12 nitrogen and oxygen atoms in total. The van der Waals surface area contributed by atoms with Gasteiger partial charge >= 0.3 is 28.5 Å². The Balaban J connectivity index is 4.67. The van der Waals surface area contributed by atoms with Gasteiger partial charge in [-0.05, 0) is 78.9 Å². The first-order valence-electron chi connectivity index (χ1n) is 10.3. The van der Waals surface area contributed by atoms with Crippen molar-refractivity contribution in [2.24, 2.45) is 10.8 Å². The second-order valence-corrected chi connectivity index (χ2v) is 12.2. The zero-order valence-corrected chi connectivity index (χ0v) is 22.7. The summed E-state index contributed by atoms with van der Waals surface area (Å²) in [6.45, 7) is 11.2.